The monoisotopic (exact) mass is 303 g/mol. The number of carbonyl (C=O) groups is 1. The highest BCUT2D eigenvalue weighted by atomic mass is 16.1. The topological polar surface area (TPSA) is 54.9 Å². The van der Waals surface area contributed by atoms with Gasteiger partial charge in [-0.05, 0) is 24.6 Å². The number of nitrogens with zero attached hydrogens (tertiary/aromatic N) is 2. The second-order valence-corrected chi connectivity index (χ2v) is 5.31. The van der Waals surface area contributed by atoms with E-state index in [0.717, 1.165) is 16.7 Å². The van der Waals surface area contributed by atoms with Crippen molar-refractivity contribution in [1.82, 2.24) is 15.3 Å². The van der Waals surface area contributed by atoms with Crippen LogP contribution in [0.3, 0.4) is 0 Å². The molecule has 1 atom stereocenters. The van der Waals surface area contributed by atoms with E-state index in [9.17, 15) is 4.79 Å². The molecule has 0 aliphatic rings. The van der Waals surface area contributed by atoms with Gasteiger partial charge in [0.05, 0.1) is 11.6 Å². The Labute approximate surface area is 135 Å². The van der Waals surface area contributed by atoms with Gasteiger partial charge in [-0.1, -0.05) is 36.4 Å². The van der Waals surface area contributed by atoms with Crippen molar-refractivity contribution in [2.45, 2.75) is 13.0 Å². The number of carbonyl (C=O) groups excluding carboxylic acids is 1. The molecule has 0 aliphatic carbocycles. The van der Waals surface area contributed by atoms with Crippen molar-refractivity contribution in [2.24, 2.45) is 0 Å². The van der Waals surface area contributed by atoms with E-state index in [1.54, 1.807) is 24.8 Å². The minimum atomic E-state index is -0.139. The van der Waals surface area contributed by atoms with Crippen LogP contribution in [-0.4, -0.2) is 15.9 Å². The largest absolute Gasteiger partial charge is 0.345 e. The fourth-order valence-corrected chi connectivity index (χ4v) is 2.36. The van der Waals surface area contributed by atoms with E-state index in [2.05, 4.69) is 15.3 Å². The predicted octanol–water partition coefficient (Wildman–Crippen LogP) is 3.63. The van der Waals surface area contributed by atoms with E-state index in [-0.39, 0.29) is 11.9 Å². The van der Waals surface area contributed by atoms with Crippen LogP contribution >= 0.6 is 0 Å². The first-order valence-electron chi connectivity index (χ1n) is 7.45. The molecule has 0 spiro atoms. The lowest BCUT2D eigenvalue weighted by Gasteiger charge is -2.14. The fourth-order valence-electron chi connectivity index (χ4n) is 2.36. The van der Waals surface area contributed by atoms with Gasteiger partial charge in [-0.15, -0.1) is 0 Å². The zero-order chi connectivity index (χ0) is 16.1. The summed E-state index contributed by atoms with van der Waals surface area (Å²) in [6.07, 6.45) is 6.78. The predicted molar refractivity (Wildman–Crippen MR) is 89.8 cm³/mol. The van der Waals surface area contributed by atoms with Gasteiger partial charge in [-0.3, -0.25) is 14.8 Å². The van der Waals surface area contributed by atoms with Crippen LogP contribution < -0.4 is 5.32 Å². The second kappa shape index (κ2) is 6.83. The number of hydrogen-bond acceptors (Lipinski definition) is 3. The van der Waals surface area contributed by atoms with Crippen LogP contribution in [0.1, 0.15) is 28.9 Å². The molecule has 114 valence electrons. The van der Waals surface area contributed by atoms with Gasteiger partial charge < -0.3 is 5.32 Å². The summed E-state index contributed by atoms with van der Waals surface area (Å²) in [5, 5.41) is 3.00. The summed E-state index contributed by atoms with van der Waals surface area (Å²) in [5.74, 6) is -0.139. The third-order valence-electron chi connectivity index (χ3n) is 3.64. The second-order valence-electron chi connectivity index (χ2n) is 5.31. The number of pyridine rings is 2. The molecule has 1 aromatic carbocycles. The molecule has 0 bridgehead atoms. The molecular weight excluding hydrogens is 286 g/mol. The highest BCUT2D eigenvalue weighted by Gasteiger charge is 2.12. The van der Waals surface area contributed by atoms with E-state index in [4.69, 9.17) is 0 Å². The molecular formula is C19H17N3O. The highest BCUT2D eigenvalue weighted by Crippen LogP contribution is 2.18. The Morgan fingerprint density at radius 3 is 2.48 bits per heavy atom. The number of aromatic nitrogens is 2. The van der Waals surface area contributed by atoms with E-state index in [1.807, 2.05) is 55.5 Å². The zero-order valence-corrected chi connectivity index (χ0v) is 12.8. The fraction of sp³-hybridized carbons (Fsp3) is 0.105. The minimum absolute atomic E-state index is 0.0641. The molecule has 0 fully saturated rings. The summed E-state index contributed by atoms with van der Waals surface area (Å²) in [6, 6.07) is 15.4. The summed E-state index contributed by atoms with van der Waals surface area (Å²) < 4.78 is 0. The molecule has 23 heavy (non-hydrogen) atoms. The smallest absolute Gasteiger partial charge is 0.253 e. The summed E-state index contributed by atoms with van der Waals surface area (Å²) >= 11 is 0. The third kappa shape index (κ3) is 3.61. The molecule has 0 radical (unpaired) electrons. The summed E-state index contributed by atoms with van der Waals surface area (Å²) in [7, 11) is 0. The first-order valence-corrected chi connectivity index (χ1v) is 7.45. The SMILES string of the molecule is C[C@H](NC(=O)c1cncc(-c2cccnc2)c1)c1ccccc1. The van der Waals surface area contributed by atoms with Gasteiger partial charge in [-0.25, -0.2) is 0 Å². The van der Waals surface area contributed by atoms with Gasteiger partial charge in [0.15, 0.2) is 0 Å². The van der Waals surface area contributed by atoms with Crippen molar-refractivity contribution in [3.05, 3.63) is 84.4 Å². The maximum atomic E-state index is 12.4. The van der Waals surface area contributed by atoms with Crippen LogP contribution in [0.5, 0.6) is 0 Å². The van der Waals surface area contributed by atoms with Gasteiger partial charge in [-0.2, -0.15) is 0 Å². The molecule has 1 amide bonds. The maximum absolute atomic E-state index is 12.4. The summed E-state index contributed by atoms with van der Waals surface area (Å²) in [4.78, 5) is 20.7. The molecule has 1 N–H and O–H groups in total. The van der Waals surface area contributed by atoms with E-state index < -0.39 is 0 Å². The quantitative estimate of drug-likeness (QED) is 0.800. The molecule has 0 saturated heterocycles. The first kappa shape index (κ1) is 14.9. The van der Waals surface area contributed by atoms with Crippen molar-refractivity contribution in [3.8, 4) is 11.1 Å². The van der Waals surface area contributed by atoms with Crippen LogP contribution in [0.25, 0.3) is 11.1 Å². The molecule has 2 heterocycles. The van der Waals surface area contributed by atoms with E-state index in [1.165, 1.54) is 0 Å². The third-order valence-corrected chi connectivity index (χ3v) is 3.64. The molecule has 4 nitrogen and oxygen atoms in total. The summed E-state index contributed by atoms with van der Waals surface area (Å²) in [5.41, 5.74) is 3.41. The van der Waals surface area contributed by atoms with E-state index in [0.29, 0.717) is 5.56 Å². The zero-order valence-electron chi connectivity index (χ0n) is 12.8. The van der Waals surface area contributed by atoms with Crippen LogP contribution in [-0.2, 0) is 0 Å². The molecule has 0 saturated carbocycles. The van der Waals surface area contributed by atoms with Crippen molar-refractivity contribution in [3.63, 3.8) is 0 Å². The Bertz CT molecular complexity index is 788. The van der Waals surface area contributed by atoms with Gasteiger partial charge in [0.25, 0.3) is 5.91 Å². The number of hydrogen-bond donors (Lipinski definition) is 1. The van der Waals surface area contributed by atoms with E-state index >= 15 is 0 Å². The van der Waals surface area contributed by atoms with Crippen molar-refractivity contribution in [1.29, 1.82) is 0 Å². The Morgan fingerprint density at radius 2 is 1.74 bits per heavy atom. The van der Waals surface area contributed by atoms with Gasteiger partial charge in [0.1, 0.15) is 0 Å². The Hall–Kier alpha value is -3.01. The molecule has 3 aromatic rings. The molecule has 2 aromatic heterocycles. The lowest BCUT2D eigenvalue weighted by atomic mass is 10.1. The Balaban J connectivity index is 1.78. The van der Waals surface area contributed by atoms with Gasteiger partial charge in [0.2, 0.25) is 0 Å². The van der Waals surface area contributed by atoms with Crippen LogP contribution in [0, 0.1) is 0 Å². The molecule has 0 unspecified atom stereocenters. The highest BCUT2D eigenvalue weighted by molar-refractivity contribution is 5.95. The van der Waals surface area contributed by atoms with Crippen molar-refractivity contribution < 1.29 is 4.79 Å². The van der Waals surface area contributed by atoms with Crippen LogP contribution in [0.15, 0.2) is 73.3 Å². The Morgan fingerprint density at radius 1 is 0.957 bits per heavy atom. The average molecular weight is 303 g/mol. The number of nitrogens with one attached hydrogen (secondary N) is 1. The van der Waals surface area contributed by atoms with Crippen LogP contribution in [0.2, 0.25) is 0 Å². The normalized spacial score (nSPS) is 11.7. The maximum Gasteiger partial charge on any atom is 0.253 e. The number of benzene rings is 1. The minimum Gasteiger partial charge on any atom is -0.345 e. The van der Waals surface area contributed by atoms with Gasteiger partial charge in [0, 0.05) is 35.9 Å². The molecule has 3 rings (SSSR count). The van der Waals surface area contributed by atoms with Gasteiger partial charge >= 0.3 is 0 Å². The van der Waals surface area contributed by atoms with Crippen molar-refractivity contribution >= 4 is 5.91 Å². The van der Waals surface area contributed by atoms with Crippen molar-refractivity contribution in [2.75, 3.05) is 0 Å². The standard InChI is InChI=1S/C19H17N3O/c1-14(15-6-3-2-4-7-15)22-19(23)18-10-17(12-21-13-18)16-8-5-9-20-11-16/h2-14H,1H3,(H,22,23)/t14-/m0/s1. The molecule has 0 aliphatic heterocycles. The molecule has 4 heteroatoms. The lowest BCUT2D eigenvalue weighted by molar-refractivity contribution is 0.0939. The number of amides is 1. The summed E-state index contributed by atoms with van der Waals surface area (Å²) in [6.45, 7) is 1.96. The number of rotatable bonds is 4. The average Bonchev–Trinajstić information content (AvgIpc) is 2.63. The van der Waals surface area contributed by atoms with Crippen LogP contribution in [0.4, 0.5) is 0 Å². The first-order chi connectivity index (χ1) is 11.2. The lowest BCUT2D eigenvalue weighted by Crippen LogP contribution is -2.26. The Kier molecular flexibility index (Phi) is 4.43.